The Morgan fingerprint density at radius 2 is 1.70 bits per heavy atom. The van der Waals surface area contributed by atoms with Gasteiger partial charge in [-0.25, -0.2) is 4.79 Å². The van der Waals surface area contributed by atoms with Crippen LogP contribution in [0.2, 0.25) is 0 Å². The summed E-state index contributed by atoms with van der Waals surface area (Å²) >= 11 is 0. The molecule has 1 heterocycles. The Morgan fingerprint density at radius 1 is 0.967 bits per heavy atom. The number of carbonyl (C=O) groups is 1. The van der Waals surface area contributed by atoms with Crippen LogP contribution < -0.4 is 22.5 Å². The Morgan fingerprint density at radius 3 is 2.50 bits per heavy atom. The molecule has 0 aromatic heterocycles. The number of nitrogens with two attached hydrogens (primary N) is 1. The molecule has 0 saturated carbocycles. The first-order chi connectivity index (χ1) is 14.2. The van der Waals surface area contributed by atoms with E-state index in [1.807, 2.05) is 36.4 Å². The maximum Gasteiger partial charge on any atom is 0.364 e. The molecule has 4 nitrogen and oxygen atoms in total. The Labute approximate surface area is 183 Å². The van der Waals surface area contributed by atoms with E-state index in [2.05, 4.69) is 47.8 Å². The van der Waals surface area contributed by atoms with Gasteiger partial charge in [-0.3, -0.25) is 0 Å². The third kappa shape index (κ3) is 5.21. The Bertz CT molecular complexity index is 977. The number of fused-ring (bicyclic) bond motifs is 1. The smallest absolute Gasteiger partial charge is 0.364 e. The van der Waals surface area contributed by atoms with Gasteiger partial charge in [-0.15, -0.1) is 0 Å². The first-order valence-electron chi connectivity index (χ1n) is 9.99. The monoisotopic (exact) mass is 423 g/mol. The molecular weight excluding hydrogens is 398 g/mol. The second kappa shape index (κ2) is 10.3. The van der Waals surface area contributed by atoms with Crippen LogP contribution >= 0.6 is 0 Å². The molecule has 156 valence electrons. The number of hydrogen-bond acceptors (Lipinski definition) is 3. The number of rotatable bonds is 6. The van der Waals surface area contributed by atoms with Gasteiger partial charge >= 0.3 is 5.97 Å². The van der Waals surface area contributed by atoms with Crippen LogP contribution in [0.1, 0.15) is 28.3 Å². The van der Waals surface area contributed by atoms with E-state index < -0.39 is 0 Å². The van der Waals surface area contributed by atoms with Crippen molar-refractivity contribution in [1.29, 1.82) is 0 Å². The number of hydrogen-bond donors (Lipinski definition) is 1. The van der Waals surface area contributed by atoms with E-state index in [0.29, 0.717) is 13.0 Å². The van der Waals surface area contributed by atoms with E-state index in [-0.39, 0.29) is 30.5 Å². The van der Waals surface area contributed by atoms with Gasteiger partial charge in [-0.2, -0.15) is 0 Å². The van der Waals surface area contributed by atoms with Crippen molar-refractivity contribution in [2.75, 3.05) is 7.11 Å². The molecule has 0 fully saturated rings. The molecular formula is C25H26ClNO3. The molecule has 2 atom stereocenters. The van der Waals surface area contributed by atoms with E-state index in [9.17, 15) is 4.79 Å². The van der Waals surface area contributed by atoms with Crippen LogP contribution in [0, 0.1) is 0 Å². The lowest BCUT2D eigenvalue weighted by molar-refractivity contribution is -0.720. The zero-order valence-electron chi connectivity index (χ0n) is 17.0. The van der Waals surface area contributed by atoms with Crippen LogP contribution in [0.4, 0.5) is 0 Å². The molecule has 0 saturated heterocycles. The highest BCUT2D eigenvalue weighted by molar-refractivity contribution is 5.74. The summed E-state index contributed by atoms with van der Waals surface area (Å²) in [6.07, 6.45) is 1.53. The largest absolute Gasteiger partial charge is 1.00 e. The average Bonchev–Trinajstić information content (AvgIpc) is 2.78. The first kappa shape index (κ1) is 21.9. The second-order valence-electron chi connectivity index (χ2n) is 7.46. The van der Waals surface area contributed by atoms with Gasteiger partial charge in [0.05, 0.1) is 7.11 Å². The second-order valence-corrected chi connectivity index (χ2v) is 7.46. The van der Waals surface area contributed by atoms with E-state index in [4.69, 9.17) is 9.47 Å². The van der Waals surface area contributed by atoms with Crippen molar-refractivity contribution in [3.63, 3.8) is 0 Å². The van der Waals surface area contributed by atoms with Crippen LogP contribution in [0.5, 0.6) is 5.75 Å². The number of carbonyl (C=O) groups excluding carboxylic acids is 1. The summed E-state index contributed by atoms with van der Waals surface area (Å²) in [6, 6.07) is 26.8. The standard InChI is InChI=1S/C25H25NO3.ClH/c1-28-25(27)24-16-20-11-5-6-13-22(20)23(26-24)15-19-10-7-12-21(14-19)29-17-18-8-3-2-4-9-18;/h2-14,23-24,26H,15-17H2,1H3;1H/t23-,24+;/m1./s1. The quantitative estimate of drug-likeness (QED) is 0.577. The topological polar surface area (TPSA) is 52.1 Å². The average molecular weight is 424 g/mol. The fourth-order valence-corrected chi connectivity index (χ4v) is 4.02. The molecule has 0 radical (unpaired) electrons. The highest BCUT2D eigenvalue weighted by Crippen LogP contribution is 2.25. The molecule has 3 aromatic rings. The predicted molar refractivity (Wildman–Crippen MR) is 112 cm³/mol. The zero-order chi connectivity index (χ0) is 20.1. The molecule has 5 heteroatoms. The summed E-state index contributed by atoms with van der Waals surface area (Å²) in [5.74, 6) is 0.699. The molecule has 0 amide bonds. The van der Waals surface area contributed by atoms with E-state index in [0.717, 1.165) is 17.7 Å². The Hall–Kier alpha value is -2.82. The van der Waals surface area contributed by atoms with Crippen LogP contribution in [-0.2, 0) is 29.0 Å². The van der Waals surface area contributed by atoms with Crippen molar-refractivity contribution in [1.82, 2.24) is 0 Å². The van der Waals surface area contributed by atoms with Gasteiger partial charge in [0.15, 0.2) is 6.04 Å². The number of methoxy groups -OCH3 is 1. The molecule has 0 aliphatic carbocycles. The molecule has 1 aliphatic rings. The minimum Gasteiger partial charge on any atom is -1.00 e. The fourth-order valence-electron chi connectivity index (χ4n) is 4.02. The number of esters is 1. The van der Waals surface area contributed by atoms with E-state index in [1.54, 1.807) is 0 Å². The summed E-state index contributed by atoms with van der Waals surface area (Å²) in [5, 5.41) is 2.14. The third-order valence-electron chi connectivity index (χ3n) is 5.47. The first-order valence-corrected chi connectivity index (χ1v) is 9.99. The molecule has 0 bridgehead atoms. The predicted octanol–water partition coefficient (Wildman–Crippen LogP) is 0.215. The van der Waals surface area contributed by atoms with Gasteiger partial charge in [0.1, 0.15) is 18.4 Å². The van der Waals surface area contributed by atoms with Gasteiger partial charge in [0, 0.05) is 18.4 Å². The summed E-state index contributed by atoms with van der Waals surface area (Å²) in [4.78, 5) is 12.2. The van der Waals surface area contributed by atoms with Crippen molar-refractivity contribution < 1.29 is 32.0 Å². The van der Waals surface area contributed by atoms with Crippen LogP contribution in [0.25, 0.3) is 0 Å². The van der Waals surface area contributed by atoms with Crippen molar-refractivity contribution >= 4 is 5.97 Å². The lowest BCUT2D eigenvalue weighted by Crippen LogP contribution is -3.00. The molecule has 4 rings (SSSR count). The molecule has 30 heavy (non-hydrogen) atoms. The highest BCUT2D eigenvalue weighted by atomic mass is 35.5. The van der Waals surface area contributed by atoms with Crippen molar-refractivity contribution in [3.05, 3.63) is 101 Å². The van der Waals surface area contributed by atoms with Gasteiger partial charge in [-0.1, -0.05) is 66.7 Å². The van der Waals surface area contributed by atoms with Gasteiger partial charge in [0.2, 0.25) is 0 Å². The molecule has 3 aromatic carbocycles. The van der Waals surface area contributed by atoms with Gasteiger partial charge < -0.3 is 27.2 Å². The van der Waals surface area contributed by atoms with Crippen LogP contribution in [0.3, 0.4) is 0 Å². The fraction of sp³-hybridized carbons (Fsp3) is 0.240. The summed E-state index contributed by atoms with van der Waals surface area (Å²) < 4.78 is 11.0. The number of quaternary nitrogens is 1. The minimum atomic E-state index is -0.197. The summed E-state index contributed by atoms with van der Waals surface area (Å²) in [6.45, 7) is 0.549. The normalized spacial score (nSPS) is 17.4. The minimum absolute atomic E-state index is 0. The van der Waals surface area contributed by atoms with E-state index in [1.165, 1.54) is 23.8 Å². The molecule has 2 N–H and O–H groups in total. The zero-order valence-corrected chi connectivity index (χ0v) is 17.7. The number of halogens is 1. The highest BCUT2D eigenvalue weighted by Gasteiger charge is 2.34. The van der Waals surface area contributed by atoms with E-state index >= 15 is 0 Å². The van der Waals surface area contributed by atoms with Crippen LogP contribution in [0.15, 0.2) is 78.9 Å². The summed E-state index contributed by atoms with van der Waals surface area (Å²) in [7, 11) is 1.46. The Kier molecular flexibility index (Phi) is 7.50. The lowest BCUT2D eigenvalue weighted by Gasteiger charge is -2.28. The molecule has 0 spiro atoms. The lowest BCUT2D eigenvalue weighted by atomic mass is 9.87. The molecule has 1 aliphatic heterocycles. The number of benzene rings is 3. The maximum absolute atomic E-state index is 12.2. The SMILES string of the molecule is COC(=O)[C@@H]1Cc2ccccc2[C@@H](Cc2cccc(OCc3ccccc3)c2)[NH2+]1.[Cl-]. The van der Waals surface area contributed by atoms with Crippen molar-refractivity contribution in [3.8, 4) is 5.75 Å². The van der Waals surface area contributed by atoms with Crippen molar-refractivity contribution in [2.24, 2.45) is 0 Å². The van der Waals surface area contributed by atoms with Gasteiger partial charge in [-0.05, 0) is 28.8 Å². The number of ether oxygens (including phenoxy) is 2. The maximum atomic E-state index is 12.2. The van der Waals surface area contributed by atoms with Crippen molar-refractivity contribution in [2.45, 2.75) is 31.5 Å². The van der Waals surface area contributed by atoms with Crippen LogP contribution in [-0.4, -0.2) is 19.1 Å². The third-order valence-corrected chi connectivity index (χ3v) is 5.47. The Balaban J connectivity index is 0.00000256. The van der Waals surface area contributed by atoms with Gasteiger partial charge in [0.25, 0.3) is 0 Å². The summed E-state index contributed by atoms with van der Waals surface area (Å²) in [5.41, 5.74) is 4.86. The molecule has 0 unspecified atom stereocenters.